The Morgan fingerprint density at radius 3 is 2.67 bits per heavy atom. The zero-order valence-corrected chi connectivity index (χ0v) is 11.9. The third kappa shape index (κ3) is 2.85. The molecule has 2 aromatic rings. The molecule has 0 saturated carbocycles. The maximum Gasteiger partial charge on any atom is 0.355 e. The highest BCUT2D eigenvalue weighted by Gasteiger charge is 2.15. The Balaban J connectivity index is 0.000000771. The summed E-state index contributed by atoms with van der Waals surface area (Å²) in [6, 6.07) is 5.48. The third-order valence-corrected chi connectivity index (χ3v) is 2.73. The number of halogens is 1. The van der Waals surface area contributed by atoms with Crippen molar-refractivity contribution in [3.63, 3.8) is 0 Å². The minimum Gasteiger partial charge on any atom is -0.461 e. The second kappa shape index (κ2) is 6.45. The molecule has 0 atom stereocenters. The van der Waals surface area contributed by atoms with Crippen molar-refractivity contribution in [1.29, 1.82) is 0 Å². The van der Waals surface area contributed by atoms with Crippen LogP contribution >= 0.6 is 11.6 Å². The zero-order valence-electron chi connectivity index (χ0n) is 11.1. The van der Waals surface area contributed by atoms with Gasteiger partial charge in [0.25, 0.3) is 0 Å². The SMILES string of the molecule is CC.CCOC(=O)c1[nH]c2ccc(Cl)cc2c1C. The van der Waals surface area contributed by atoms with E-state index in [-0.39, 0.29) is 5.97 Å². The van der Waals surface area contributed by atoms with Crippen molar-refractivity contribution in [3.05, 3.63) is 34.5 Å². The summed E-state index contributed by atoms with van der Waals surface area (Å²) in [6.07, 6.45) is 0. The van der Waals surface area contributed by atoms with Crippen LogP contribution in [0.5, 0.6) is 0 Å². The lowest BCUT2D eigenvalue weighted by Gasteiger charge is -1.99. The van der Waals surface area contributed by atoms with Crippen molar-refractivity contribution in [2.24, 2.45) is 0 Å². The quantitative estimate of drug-likeness (QED) is 0.823. The molecular formula is C14H18ClNO2. The van der Waals surface area contributed by atoms with Gasteiger partial charge in [-0.2, -0.15) is 0 Å². The molecule has 1 N–H and O–H groups in total. The predicted octanol–water partition coefficient (Wildman–Crippen LogP) is 4.33. The summed E-state index contributed by atoms with van der Waals surface area (Å²) in [5.41, 5.74) is 2.26. The number of aromatic nitrogens is 1. The standard InChI is InChI=1S/C12H12ClNO2.C2H6/c1-3-16-12(15)11-7(2)9-6-8(13)4-5-10(9)14-11;1-2/h4-6,14H,3H2,1-2H3;1-2H3. The maximum absolute atomic E-state index is 11.6. The number of carbonyl (C=O) groups is 1. The van der Waals surface area contributed by atoms with Crippen LogP contribution in [0, 0.1) is 6.92 Å². The lowest BCUT2D eigenvalue weighted by Crippen LogP contribution is -2.06. The Kier molecular flexibility index (Phi) is 5.23. The molecule has 3 nitrogen and oxygen atoms in total. The molecule has 0 aliphatic carbocycles. The summed E-state index contributed by atoms with van der Waals surface area (Å²) in [4.78, 5) is 14.7. The summed E-state index contributed by atoms with van der Waals surface area (Å²) < 4.78 is 4.97. The molecule has 0 unspecified atom stereocenters. The van der Waals surface area contributed by atoms with Crippen LogP contribution in [-0.4, -0.2) is 17.6 Å². The zero-order chi connectivity index (χ0) is 13.7. The lowest BCUT2D eigenvalue weighted by atomic mass is 10.1. The van der Waals surface area contributed by atoms with E-state index in [1.165, 1.54) is 0 Å². The fraction of sp³-hybridized carbons (Fsp3) is 0.357. The van der Waals surface area contributed by atoms with E-state index >= 15 is 0 Å². The van der Waals surface area contributed by atoms with Crippen LogP contribution in [0.15, 0.2) is 18.2 Å². The minimum atomic E-state index is -0.327. The van der Waals surface area contributed by atoms with Gasteiger partial charge in [0.2, 0.25) is 0 Å². The fourth-order valence-electron chi connectivity index (χ4n) is 1.71. The molecule has 98 valence electrons. The number of esters is 1. The average Bonchev–Trinajstić information content (AvgIpc) is 2.70. The van der Waals surface area contributed by atoms with E-state index in [9.17, 15) is 4.79 Å². The van der Waals surface area contributed by atoms with Crippen LogP contribution in [0.2, 0.25) is 5.02 Å². The first kappa shape index (κ1) is 14.6. The number of rotatable bonds is 2. The van der Waals surface area contributed by atoms with Crippen LogP contribution in [0.25, 0.3) is 10.9 Å². The van der Waals surface area contributed by atoms with E-state index in [0.29, 0.717) is 17.3 Å². The molecule has 1 heterocycles. The molecule has 0 amide bonds. The number of fused-ring (bicyclic) bond motifs is 1. The number of ether oxygens (including phenoxy) is 1. The van der Waals surface area contributed by atoms with Crippen molar-refractivity contribution >= 4 is 28.5 Å². The largest absolute Gasteiger partial charge is 0.461 e. The first-order valence-electron chi connectivity index (χ1n) is 6.08. The number of H-pyrrole nitrogens is 1. The first-order chi connectivity index (χ1) is 8.63. The Labute approximate surface area is 112 Å². The number of aryl methyl sites for hydroxylation is 1. The summed E-state index contributed by atoms with van der Waals surface area (Å²) in [7, 11) is 0. The van der Waals surface area contributed by atoms with Gasteiger partial charge < -0.3 is 9.72 Å². The monoisotopic (exact) mass is 267 g/mol. The van der Waals surface area contributed by atoms with Gasteiger partial charge in [-0.25, -0.2) is 4.79 Å². The maximum atomic E-state index is 11.6. The Morgan fingerprint density at radius 2 is 2.06 bits per heavy atom. The summed E-state index contributed by atoms with van der Waals surface area (Å²) in [5.74, 6) is -0.327. The first-order valence-corrected chi connectivity index (χ1v) is 6.46. The molecule has 2 rings (SSSR count). The predicted molar refractivity (Wildman–Crippen MR) is 75.4 cm³/mol. The van der Waals surface area contributed by atoms with E-state index in [1.807, 2.05) is 32.9 Å². The second-order valence-electron chi connectivity index (χ2n) is 3.54. The van der Waals surface area contributed by atoms with Gasteiger partial charge in [0.05, 0.1) is 6.61 Å². The molecule has 18 heavy (non-hydrogen) atoms. The van der Waals surface area contributed by atoms with Gasteiger partial charge in [-0.1, -0.05) is 25.4 Å². The number of hydrogen-bond donors (Lipinski definition) is 1. The van der Waals surface area contributed by atoms with E-state index in [1.54, 1.807) is 13.0 Å². The fourth-order valence-corrected chi connectivity index (χ4v) is 1.88. The smallest absolute Gasteiger partial charge is 0.355 e. The minimum absolute atomic E-state index is 0.327. The van der Waals surface area contributed by atoms with Gasteiger partial charge in [-0.05, 0) is 37.6 Å². The van der Waals surface area contributed by atoms with Crippen molar-refractivity contribution in [2.75, 3.05) is 6.61 Å². The van der Waals surface area contributed by atoms with Crippen molar-refractivity contribution < 1.29 is 9.53 Å². The molecule has 0 fully saturated rings. The molecule has 1 aromatic carbocycles. The molecule has 0 spiro atoms. The molecule has 0 bridgehead atoms. The van der Waals surface area contributed by atoms with Gasteiger partial charge in [0.1, 0.15) is 5.69 Å². The Bertz CT molecular complexity index is 546. The molecule has 4 heteroatoms. The van der Waals surface area contributed by atoms with Crippen molar-refractivity contribution in [2.45, 2.75) is 27.7 Å². The van der Waals surface area contributed by atoms with E-state index in [2.05, 4.69) is 4.98 Å². The number of benzene rings is 1. The third-order valence-electron chi connectivity index (χ3n) is 2.50. The van der Waals surface area contributed by atoms with Crippen LogP contribution < -0.4 is 0 Å². The number of nitrogens with one attached hydrogen (secondary N) is 1. The van der Waals surface area contributed by atoms with Gasteiger partial charge in [-0.15, -0.1) is 0 Å². The molecular weight excluding hydrogens is 250 g/mol. The average molecular weight is 268 g/mol. The lowest BCUT2D eigenvalue weighted by molar-refractivity contribution is 0.0520. The van der Waals surface area contributed by atoms with Crippen LogP contribution in [-0.2, 0) is 4.74 Å². The van der Waals surface area contributed by atoms with Gasteiger partial charge in [-0.3, -0.25) is 0 Å². The molecule has 0 aliphatic heterocycles. The molecule has 0 saturated heterocycles. The summed E-state index contributed by atoms with van der Waals surface area (Å²) in [6.45, 7) is 8.03. The Morgan fingerprint density at radius 1 is 1.39 bits per heavy atom. The van der Waals surface area contributed by atoms with E-state index in [4.69, 9.17) is 16.3 Å². The second-order valence-corrected chi connectivity index (χ2v) is 3.97. The highest BCUT2D eigenvalue weighted by Crippen LogP contribution is 2.25. The highest BCUT2D eigenvalue weighted by molar-refractivity contribution is 6.31. The normalized spacial score (nSPS) is 9.83. The van der Waals surface area contributed by atoms with E-state index in [0.717, 1.165) is 16.5 Å². The Hall–Kier alpha value is -1.48. The highest BCUT2D eigenvalue weighted by atomic mass is 35.5. The van der Waals surface area contributed by atoms with Crippen molar-refractivity contribution in [3.8, 4) is 0 Å². The van der Waals surface area contributed by atoms with Gasteiger partial charge in [0.15, 0.2) is 0 Å². The number of hydrogen-bond acceptors (Lipinski definition) is 2. The molecule has 1 aromatic heterocycles. The van der Waals surface area contributed by atoms with Gasteiger partial charge >= 0.3 is 5.97 Å². The topological polar surface area (TPSA) is 42.1 Å². The molecule has 0 radical (unpaired) electrons. The van der Waals surface area contributed by atoms with Crippen molar-refractivity contribution in [1.82, 2.24) is 4.98 Å². The van der Waals surface area contributed by atoms with Crippen LogP contribution in [0.1, 0.15) is 36.8 Å². The molecule has 0 aliphatic rings. The summed E-state index contributed by atoms with van der Waals surface area (Å²) >= 11 is 5.91. The van der Waals surface area contributed by atoms with Crippen LogP contribution in [0.4, 0.5) is 0 Å². The number of aromatic amines is 1. The van der Waals surface area contributed by atoms with Gasteiger partial charge in [0, 0.05) is 15.9 Å². The van der Waals surface area contributed by atoms with Crippen LogP contribution in [0.3, 0.4) is 0 Å². The summed E-state index contributed by atoms with van der Waals surface area (Å²) in [5, 5.41) is 1.61. The number of carbonyl (C=O) groups excluding carboxylic acids is 1. The van der Waals surface area contributed by atoms with E-state index < -0.39 is 0 Å².